The summed E-state index contributed by atoms with van der Waals surface area (Å²) in [5.41, 5.74) is 1.86. The number of aliphatic hydroxyl groups excluding tert-OH is 1. The molecule has 3 heteroatoms. The van der Waals surface area contributed by atoms with Crippen molar-refractivity contribution in [2.75, 3.05) is 6.54 Å². The fourth-order valence-corrected chi connectivity index (χ4v) is 3.17. The monoisotopic (exact) mass is 282 g/mol. The summed E-state index contributed by atoms with van der Waals surface area (Å²) in [6.45, 7) is 2.93. The number of aliphatic hydroxyl groups is 1. The Labute approximate surface area is 125 Å². The summed E-state index contributed by atoms with van der Waals surface area (Å²) in [5, 5.41) is 21.2. The summed E-state index contributed by atoms with van der Waals surface area (Å²) in [5.74, 6) is 0.447. The molecule has 0 radical (unpaired) electrons. The van der Waals surface area contributed by atoms with Crippen LogP contribution in [0.5, 0.6) is 0 Å². The maximum Gasteiger partial charge on any atom is 0.155 e. The number of benzene rings is 2. The van der Waals surface area contributed by atoms with Crippen LogP contribution in [0.3, 0.4) is 0 Å². The predicted octanol–water partition coefficient (Wildman–Crippen LogP) is 4.05. The van der Waals surface area contributed by atoms with Crippen LogP contribution < -0.4 is 0 Å². The first kappa shape index (κ1) is 14.1. The minimum absolute atomic E-state index is 0.447. The number of unbranched alkanes of at least 4 members (excludes halogenated alkanes) is 3. The van der Waals surface area contributed by atoms with Crippen molar-refractivity contribution in [2.24, 2.45) is 0 Å². The average molecular weight is 282 g/mol. The van der Waals surface area contributed by atoms with Gasteiger partial charge in [-0.1, -0.05) is 62.6 Å². The van der Waals surface area contributed by atoms with Gasteiger partial charge in [0.05, 0.1) is 0 Å². The summed E-state index contributed by atoms with van der Waals surface area (Å²) >= 11 is 0. The van der Waals surface area contributed by atoms with E-state index >= 15 is 0 Å². The molecule has 110 valence electrons. The molecule has 0 fully saturated rings. The lowest BCUT2D eigenvalue weighted by Crippen LogP contribution is -2.38. The molecule has 0 bridgehead atoms. The van der Waals surface area contributed by atoms with Crippen molar-refractivity contribution in [3.05, 3.63) is 47.5 Å². The van der Waals surface area contributed by atoms with Gasteiger partial charge in [0, 0.05) is 23.1 Å². The number of nitrogens with zero attached hydrogens (tertiary/aromatic N) is 1. The molecule has 0 aliphatic carbocycles. The van der Waals surface area contributed by atoms with Crippen molar-refractivity contribution in [1.82, 2.24) is 4.90 Å². The van der Waals surface area contributed by atoms with Crippen molar-refractivity contribution >= 4 is 16.6 Å². The van der Waals surface area contributed by atoms with Crippen LogP contribution in [0.25, 0.3) is 10.8 Å². The Balaban J connectivity index is 1.93. The third-order valence-electron chi connectivity index (χ3n) is 4.31. The minimum Gasteiger partial charge on any atom is -0.369 e. The van der Waals surface area contributed by atoms with E-state index in [-0.39, 0.29) is 0 Å². The maximum absolute atomic E-state index is 10.6. The van der Waals surface area contributed by atoms with Crippen molar-refractivity contribution < 1.29 is 5.11 Å². The van der Waals surface area contributed by atoms with E-state index in [2.05, 4.69) is 6.92 Å². The number of hydrogen-bond donors (Lipinski definition) is 2. The lowest BCUT2D eigenvalue weighted by molar-refractivity contribution is 0.0507. The zero-order chi connectivity index (χ0) is 14.8. The van der Waals surface area contributed by atoms with E-state index in [0.717, 1.165) is 41.3 Å². The Morgan fingerprint density at radius 2 is 1.86 bits per heavy atom. The van der Waals surface area contributed by atoms with E-state index in [9.17, 15) is 5.11 Å². The highest BCUT2D eigenvalue weighted by atomic mass is 16.3. The highest BCUT2D eigenvalue weighted by Crippen LogP contribution is 2.35. The van der Waals surface area contributed by atoms with Crippen LogP contribution in [0, 0.1) is 5.41 Å². The van der Waals surface area contributed by atoms with Gasteiger partial charge in [0.2, 0.25) is 0 Å². The first-order chi connectivity index (χ1) is 10.2. The van der Waals surface area contributed by atoms with Gasteiger partial charge in [0.15, 0.2) is 6.23 Å². The van der Waals surface area contributed by atoms with E-state index < -0.39 is 6.23 Å². The van der Waals surface area contributed by atoms with Gasteiger partial charge >= 0.3 is 0 Å². The van der Waals surface area contributed by atoms with Gasteiger partial charge < -0.3 is 10.0 Å². The van der Waals surface area contributed by atoms with Gasteiger partial charge in [-0.2, -0.15) is 0 Å². The number of amidine groups is 1. The van der Waals surface area contributed by atoms with E-state index in [0.29, 0.717) is 5.84 Å². The molecule has 1 heterocycles. The SMILES string of the molecule is CCCCCCN1C(=N)c2cccc3cccc(c23)C1O. The number of rotatable bonds is 5. The second-order valence-corrected chi connectivity index (χ2v) is 5.73. The predicted molar refractivity (Wildman–Crippen MR) is 86.6 cm³/mol. The van der Waals surface area contributed by atoms with Crippen molar-refractivity contribution in [2.45, 2.75) is 38.8 Å². The summed E-state index contributed by atoms with van der Waals surface area (Å²) in [6, 6.07) is 12.0. The third-order valence-corrected chi connectivity index (χ3v) is 4.31. The lowest BCUT2D eigenvalue weighted by Gasteiger charge is -2.36. The molecule has 0 saturated heterocycles. The molecular weight excluding hydrogens is 260 g/mol. The third kappa shape index (κ3) is 2.42. The standard InChI is InChI=1S/C18H22N2O/c1-2-3-4-5-12-20-17(19)14-10-6-8-13-9-7-11-15(16(13)14)18(20)21/h6-11,18-19,21H,2-5,12H2,1H3. The van der Waals surface area contributed by atoms with E-state index in [1.807, 2.05) is 41.3 Å². The molecule has 3 nitrogen and oxygen atoms in total. The average Bonchev–Trinajstić information content (AvgIpc) is 2.51. The lowest BCUT2D eigenvalue weighted by atomic mass is 9.93. The van der Waals surface area contributed by atoms with Gasteiger partial charge in [0.25, 0.3) is 0 Å². The molecule has 2 aromatic rings. The Morgan fingerprint density at radius 1 is 1.10 bits per heavy atom. The van der Waals surface area contributed by atoms with Crippen molar-refractivity contribution in [1.29, 1.82) is 5.41 Å². The summed E-state index contributed by atoms with van der Waals surface area (Å²) in [7, 11) is 0. The molecule has 1 unspecified atom stereocenters. The molecule has 1 aliphatic heterocycles. The first-order valence-corrected chi connectivity index (χ1v) is 7.79. The molecule has 21 heavy (non-hydrogen) atoms. The molecule has 0 spiro atoms. The largest absolute Gasteiger partial charge is 0.369 e. The van der Waals surface area contributed by atoms with Crippen LogP contribution in [0.1, 0.15) is 50.0 Å². The van der Waals surface area contributed by atoms with Gasteiger partial charge in [0.1, 0.15) is 5.84 Å². The molecule has 1 atom stereocenters. The molecule has 0 saturated carbocycles. The zero-order valence-electron chi connectivity index (χ0n) is 12.5. The van der Waals surface area contributed by atoms with Crippen LogP contribution in [-0.4, -0.2) is 22.4 Å². The molecule has 0 amide bonds. The maximum atomic E-state index is 10.6. The topological polar surface area (TPSA) is 47.3 Å². The number of nitrogens with one attached hydrogen (secondary N) is 1. The Kier molecular flexibility index (Phi) is 3.93. The molecule has 3 rings (SSSR count). The molecule has 2 aromatic carbocycles. The summed E-state index contributed by atoms with van der Waals surface area (Å²) < 4.78 is 0. The normalized spacial score (nSPS) is 17.5. The fraction of sp³-hybridized carbons (Fsp3) is 0.389. The first-order valence-electron chi connectivity index (χ1n) is 7.79. The van der Waals surface area contributed by atoms with E-state index in [4.69, 9.17) is 5.41 Å². The smallest absolute Gasteiger partial charge is 0.155 e. The second-order valence-electron chi connectivity index (χ2n) is 5.73. The minimum atomic E-state index is -0.697. The molecule has 2 N–H and O–H groups in total. The Morgan fingerprint density at radius 3 is 2.62 bits per heavy atom. The van der Waals surface area contributed by atoms with Crippen LogP contribution in [-0.2, 0) is 0 Å². The van der Waals surface area contributed by atoms with Crippen LogP contribution in [0.15, 0.2) is 36.4 Å². The van der Waals surface area contributed by atoms with Gasteiger partial charge in [-0.15, -0.1) is 0 Å². The highest BCUT2D eigenvalue weighted by molar-refractivity contribution is 6.11. The number of hydrogen-bond acceptors (Lipinski definition) is 2. The molecule has 0 aromatic heterocycles. The zero-order valence-corrected chi connectivity index (χ0v) is 12.5. The van der Waals surface area contributed by atoms with E-state index in [1.165, 1.54) is 12.8 Å². The second kappa shape index (κ2) is 5.86. The van der Waals surface area contributed by atoms with Gasteiger partial charge in [-0.25, -0.2) is 0 Å². The van der Waals surface area contributed by atoms with Gasteiger partial charge in [-0.05, 0) is 11.8 Å². The molecule has 1 aliphatic rings. The fourth-order valence-electron chi connectivity index (χ4n) is 3.17. The van der Waals surface area contributed by atoms with Crippen molar-refractivity contribution in [3.63, 3.8) is 0 Å². The summed E-state index contributed by atoms with van der Waals surface area (Å²) in [4.78, 5) is 1.83. The quantitative estimate of drug-likeness (QED) is 0.813. The van der Waals surface area contributed by atoms with Crippen LogP contribution in [0.4, 0.5) is 0 Å². The highest BCUT2D eigenvalue weighted by Gasteiger charge is 2.29. The Hall–Kier alpha value is -1.87. The Bertz CT molecular complexity index is 660. The van der Waals surface area contributed by atoms with Gasteiger partial charge in [-0.3, -0.25) is 5.41 Å². The van der Waals surface area contributed by atoms with E-state index in [1.54, 1.807) is 0 Å². The van der Waals surface area contributed by atoms with Crippen LogP contribution in [0.2, 0.25) is 0 Å². The van der Waals surface area contributed by atoms with Crippen LogP contribution >= 0.6 is 0 Å². The summed E-state index contributed by atoms with van der Waals surface area (Å²) in [6.07, 6.45) is 3.88. The van der Waals surface area contributed by atoms with Crippen molar-refractivity contribution in [3.8, 4) is 0 Å². The molecular formula is C18H22N2O.